The molecule has 27 heavy (non-hydrogen) atoms. The van der Waals surface area contributed by atoms with Crippen LogP contribution in [-0.2, 0) is 4.74 Å². The standard InChI is InChI=1S/C19H37N5O3/c1-5-7-8-9-11-17(10-6-2)22-15-23(18-12-13-27-14-18)19(20-24(25)26)21(4)16(22)3/h16-18H,5-15H2,1-4H3. The Labute approximate surface area is 163 Å². The van der Waals surface area contributed by atoms with Crippen molar-refractivity contribution < 1.29 is 9.77 Å². The van der Waals surface area contributed by atoms with Gasteiger partial charge in [-0.3, -0.25) is 4.90 Å². The smallest absolute Gasteiger partial charge is 0.276 e. The molecule has 0 aromatic heterocycles. The van der Waals surface area contributed by atoms with E-state index in [9.17, 15) is 10.1 Å². The first-order chi connectivity index (χ1) is 13.0. The summed E-state index contributed by atoms with van der Waals surface area (Å²) in [4.78, 5) is 17.7. The zero-order chi connectivity index (χ0) is 19.8. The predicted molar refractivity (Wildman–Crippen MR) is 107 cm³/mol. The molecule has 2 heterocycles. The summed E-state index contributed by atoms with van der Waals surface area (Å²) in [5, 5.41) is 14.3. The summed E-state index contributed by atoms with van der Waals surface area (Å²) in [6.45, 7) is 8.61. The lowest BCUT2D eigenvalue weighted by Gasteiger charge is -2.51. The minimum atomic E-state index is -0.578. The van der Waals surface area contributed by atoms with Gasteiger partial charge >= 0.3 is 0 Å². The largest absolute Gasteiger partial charge is 0.379 e. The van der Waals surface area contributed by atoms with Crippen LogP contribution in [0.5, 0.6) is 0 Å². The van der Waals surface area contributed by atoms with Crippen LogP contribution in [0.4, 0.5) is 0 Å². The molecule has 2 saturated heterocycles. The van der Waals surface area contributed by atoms with Gasteiger partial charge in [-0.25, -0.2) is 10.1 Å². The van der Waals surface area contributed by atoms with E-state index in [-0.39, 0.29) is 12.2 Å². The van der Waals surface area contributed by atoms with Crippen LogP contribution >= 0.6 is 0 Å². The number of hydrogen-bond acceptors (Lipinski definition) is 4. The topological polar surface area (TPSA) is 74.4 Å². The van der Waals surface area contributed by atoms with Crippen LogP contribution < -0.4 is 0 Å². The molecule has 0 bridgehead atoms. The summed E-state index contributed by atoms with van der Waals surface area (Å²) in [7, 11) is 1.92. The first kappa shape index (κ1) is 21.9. The van der Waals surface area contributed by atoms with Crippen LogP contribution in [0.1, 0.15) is 72.1 Å². The fraction of sp³-hybridized carbons (Fsp3) is 0.947. The van der Waals surface area contributed by atoms with Crippen LogP contribution in [0.2, 0.25) is 0 Å². The number of hydrazone groups is 1. The Morgan fingerprint density at radius 2 is 2.04 bits per heavy atom. The Morgan fingerprint density at radius 1 is 1.26 bits per heavy atom. The zero-order valence-corrected chi connectivity index (χ0v) is 17.5. The molecule has 8 nitrogen and oxygen atoms in total. The molecule has 0 aliphatic carbocycles. The molecule has 2 aliphatic rings. The van der Waals surface area contributed by atoms with Crippen LogP contribution in [0.3, 0.4) is 0 Å². The summed E-state index contributed by atoms with van der Waals surface area (Å²) in [5.74, 6) is 0.459. The van der Waals surface area contributed by atoms with Gasteiger partial charge in [-0.1, -0.05) is 46.0 Å². The predicted octanol–water partition coefficient (Wildman–Crippen LogP) is 3.32. The SMILES string of the molecule is CCCCCCC(CCC)N1CN(C2CCOC2)C(=N[N+](=O)[O-])N(C)C1C. The van der Waals surface area contributed by atoms with E-state index < -0.39 is 5.03 Å². The summed E-state index contributed by atoms with van der Waals surface area (Å²) in [5.41, 5.74) is 0. The Morgan fingerprint density at radius 3 is 2.63 bits per heavy atom. The van der Waals surface area contributed by atoms with Crippen molar-refractivity contribution in [3.63, 3.8) is 0 Å². The van der Waals surface area contributed by atoms with E-state index in [1.165, 1.54) is 32.1 Å². The highest BCUT2D eigenvalue weighted by molar-refractivity contribution is 5.80. The van der Waals surface area contributed by atoms with Crippen LogP contribution in [0.25, 0.3) is 0 Å². The number of nitro groups is 1. The van der Waals surface area contributed by atoms with E-state index in [1.54, 1.807) is 0 Å². The molecule has 0 aromatic carbocycles. The highest BCUT2D eigenvalue weighted by atomic mass is 16.7. The van der Waals surface area contributed by atoms with Gasteiger partial charge in [0.15, 0.2) is 5.03 Å². The van der Waals surface area contributed by atoms with Gasteiger partial charge in [-0.05, 0) is 26.2 Å². The van der Waals surface area contributed by atoms with Crippen LogP contribution in [0.15, 0.2) is 5.10 Å². The molecule has 0 saturated carbocycles. The average molecular weight is 384 g/mol. The van der Waals surface area contributed by atoms with Gasteiger partial charge in [0.2, 0.25) is 0 Å². The molecule has 0 spiro atoms. The minimum absolute atomic E-state index is 0.0880. The molecule has 3 unspecified atom stereocenters. The number of rotatable bonds is 10. The summed E-state index contributed by atoms with van der Waals surface area (Å²) < 4.78 is 5.56. The number of hydrogen-bond donors (Lipinski definition) is 0. The van der Waals surface area contributed by atoms with Gasteiger partial charge in [0.05, 0.1) is 25.5 Å². The van der Waals surface area contributed by atoms with Crippen molar-refractivity contribution in [3.8, 4) is 0 Å². The second-order valence-corrected chi connectivity index (χ2v) is 7.82. The Balaban J connectivity index is 2.18. The number of nitrogens with zero attached hydrogens (tertiary/aromatic N) is 5. The van der Waals surface area contributed by atoms with Crippen molar-refractivity contribution >= 4 is 5.96 Å². The fourth-order valence-corrected chi connectivity index (χ4v) is 4.23. The second kappa shape index (κ2) is 10.8. The molecule has 156 valence electrons. The lowest BCUT2D eigenvalue weighted by atomic mass is 10.0. The van der Waals surface area contributed by atoms with E-state index in [0.29, 0.717) is 31.9 Å². The van der Waals surface area contributed by atoms with E-state index in [0.717, 1.165) is 19.3 Å². The first-order valence-corrected chi connectivity index (χ1v) is 10.6. The van der Waals surface area contributed by atoms with Gasteiger partial charge in [0.1, 0.15) is 5.10 Å². The van der Waals surface area contributed by atoms with Crippen molar-refractivity contribution in [3.05, 3.63) is 10.1 Å². The third kappa shape index (κ3) is 5.78. The monoisotopic (exact) mass is 383 g/mol. The minimum Gasteiger partial charge on any atom is -0.379 e. The first-order valence-electron chi connectivity index (χ1n) is 10.6. The van der Waals surface area contributed by atoms with E-state index in [2.05, 4.69) is 35.7 Å². The van der Waals surface area contributed by atoms with Gasteiger partial charge < -0.3 is 14.5 Å². The van der Waals surface area contributed by atoms with Crippen molar-refractivity contribution in [2.24, 2.45) is 5.10 Å². The van der Waals surface area contributed by atoms with E-state index in [1.807, 2.05) is 11.9 Å². The van der Waals surface area contributed by atoms with Gasteiger partial charge in [0, 0.05) is 19.7 Å². The molecular formula is C19H37N5O3. The van der Waals surface area contributed by atoms with E-state index in [4.69, 9.17) is 4.74 Å². The van der Waals surface area contributed by atoms with Crippen molar-refractivity contribution in [2.75, 3.05) is 26.9 Å². The highest BCUT2D eigenvalue weighted by Gasteiger charge is 2.41. The lowest BCUT2D eigenvalue weighted by Crippen LogP contribution is -2.66. The highest BCUT2D eigenvalue weighted by Crippen LogP contribution is 2.27. The number of guanidine groups is 1. The quantitative estimate of drug-likeness (QED) is 0.327. The Kier molecular flexibility index (Phi) is 8.76. The molecule has 2 rings (SSSR count). The Hall–Kier alpha value is -1.41. The number of ether oxygens (including phenoxy) is 1. The van der Waals surface area contributed by atoms with Crippen LogP contribution in [0, 0.1) is 10.1 Å². The third-order valence-electron chi connectivity index (χ3n) is 5.93. The molecule has 2 fully saturated rings. The fourth-order valence-electron chi connectivity index (χ4n) is 4.23. The normalized spacial score (nSPS) is 26.7. The maximum Gasteiger partial charge on any atom is 0.276 e. The summed E-state index contributed by atoms with van der Waals surface area (Å²) in [6, 6.07) is 0.648. The molecule has 8 heteroatoms. The van der Waals surface area contributed by atoms with E-state index >= 15 is 0 Å². The molecule has 0 radical (unpaired) electrons. The summed E-state index contributed by atoms with van der Waals surface area (Å²) >= 11 is 0. The maximum atomic E-state index is 11.1. The molecular weight excluding hydrogens is 346 g/mol. The Bertz CT molecular complexity index is 496. The van der Waals surface area contributed by atoms with Gasteiger partial charge in [-0.2, -0.15) is 0 Å². The average Bonchev–Trinajstić information content (AvgIpc) is 3.16. The number of unbranched alkanes of at least 4 members (excludes halogenated alkanes) is 3. The van der Waals surface area contributed by atoms with Crippen molar-refractivity contribution in [2.45, 2.75) is 90.4 Å². The second-order valence-electron chi connectivity index (χ2n) is 7.82. The molecule has 3 atom stereocenters. The maximum absolute atomic E-state index is 11.1. The zero-order valence-electron chi connectivity index (χ0n) is 17.5. The molecule has 0 amide bonds. The van der Waals surface area contributed by atoms with Crippen molar-refractivity contribution in [1.29, 1.82) is 0 Å². The molecule has 2 aliphatic heterocycles. The lowest BCUT2D eigenvalue weighted by molar-refractivity contribution is -0.486. The van der Waals surface area contributed by atoms with Crippen LogP contribution in [-0.4, -0.2) is 70.9 Å². The van der Waals surface area contributed by atoms with Gasteiger partial charge in [0.25, 0.3) is 5.96 Å². The molecule has 0 N–H and O–H groups in total. The third-order valence-corrected chi connectivity index (χ3v) is 5.93. The molecule has 0 aromatic rings. The van der Waals surface area contributed by atoms with Crippen molar-refractivity contribution in [1.82, 2.24) is 14.7 Å². The van der Waals surface area contributed by atoms with Gasteiger partial charge in [-0.15, -0.1) is 0 Å². The summed E-state index contributed by atoms with van der Waals surface area (Å²) in [6.07, 6.45) is 9.53.